The second-order valence-corrected chi connectivity index (χ2v) is 4.14. The van der Waals surface area contributed by atoms with Gasteiger partial charge in [0.2, 0.25) is 5.88 Å². The van der Waals surface area contributed by atoms with Gasteiger partial charge >= 0.3 is 0 Å². The van der Waals surface area contributed by atoms with Crippen molar-refractivity contribution in [3.05, 3.63) is 41.1 Å². The predicted molar refractivity (Wildman–Crippen MR) is 67.1 cm³/mol. The Hall–Kier alpha value is -1.81. The van der Waals surface area contributed by atoms with Crippen LogP contribution < -0.4 is 10.5 Å². The van der Waals surface area contributed by atoms with Crippen molar-refractivity contribution < 1.29 is 4.74 Å². The van der Waals surface area contributed by atoms with Gasteiger partial charge in [0.25, 0.3) is 0 Å². The minimum absolute atomic E-state index is 0.553. The molecule has 1 aromatic heterocycles. The molecule has 0 fully saturated rings. The molecule has 4 nitrogen and oxygen atoms in total. The van der Waals surface area contributed by atoms with Gasteiger partial charge in [-0.05, 0) is 37.1 Å². The maximum atomic E-state index is 5.77. The molecule has 4 heteroatoms. The van der Waals surface area contributed by atoms with Crippen LogP contribution in [0, 0.1) is 13.8 Å². The van der Waals surface area contributed by atoms with E-state index in [4.69, 9.17) is 10.5 Å². The Labute approximate surface area is 101 Å². The summed E-state index contributed by atoms with van der Waals surface area (Å²) in [4.78, 5) is 0. The lowest BCUT2D eigenvalue weighted by atomic mass is 10.1. The Balaban J connectivity index is 2.24. The van der Waals surface area contributed by atoms with Crippen molar-refractivity contribution in [1.29, 1.82) is 0 Å². The largest absolute Gasteiger partial charge is 0.439 e. The van der Waals surface area contributed by atoms with Crippen LogP contribution in [0.1, 0.15) is 16.8 Å². The third-order valence-corrected chi connectivity index (χ3v) is 2.72. The van der Waals surface area contributed by atoms with Crippen molar-refractivity contribution in [2.45, 2.75) is 20.4 Å². The number of nitrogens with two attached hydrogens (primary N) is 1. The van der Waals surface area contributed by atoms with E-state index in [2.05, 4.69) is 5.10 Å². The standard InChI is InChI=1S/C13H17N3O/c1-9-6-12(5-4-11(9)8-14)17-13-7-10(2)15-16(13)3/h4-7H,8,14H2,1-3H3. The highest BCUT2D eigenvalue weighted by Gasteiger charge is 2.05. The minimum atomic E-state index is 0.553. The molecule has 0 saturated heterocycles. The summed E-state index contributed by atoms with van der Waals surface area (Å²) in [6.45, 7) is 4.52. The summed E-state index contributed by atoms with van der Waals surface area (Å²) in [6.07, 6.45) is 0. The van der Waals surface area contributed by atoms with Crippen molar-refractivity contribution in [3.8, 4) is 11.6 Å². The first kappa shape index (κ1) is 11.7. The molecular formula is C13H17N3O. The van der Waals surface area contributed by atoms with Gasteiger partial charge < -0.3 is 10.5 Å². The zero-order valence-electron chi connectivity index (χ0n) is 10.4. The van der Waals surface area contributed by atoms with Gasteiger partial charge in [0.05, 0.1) is 5.69 Å². The van der Waals surface area contributed by atoms with Gasteiger partial charge in [0, 0.05) is 19.7 Å². The summed E-state index contributed by atoms with van der Waals surface area (Å²) >= 11 is 0. The first-order chi connectivity index (χ1) is 8.10. The number of nitrogens with zero attached hydrogens (tertiary/aromatic N) is 2. The van der Waals surface area contributed by atoms with Gasteiger partial charge in [-0.2, -0.15) is 5.10 Å². The lowest BCUT2D eigenvalue weighted by Crippen LogP contribution is -2.00. The molecule has 0 atom stereocenters. The zero-order valence-corrected chi connectivity index (χ0v) is 10.4. The van der Waals surface area contributed by atoms with Gasteiger partial charge in [0.15, 0.2) is 0 Å². The molecule has 0 aliphatic carbocycles. The summed E-state index contributed by atoms with van der Waals surface area (Å²) in [7, 11) is 1.86. The van der Waals surface area contributed by atoms with Gasteiger partial charge in [-0.1, -0.05) is 6.07 Å². The van der Waals surface area contributed by atoms with Crippen molar-refractivity contribution in [2.24, 2.45) is 12.8 Å². The number of rotatable bonds is 3. The van der Waals surface area contributed by atoms with E-state index in [9.17, 15) is 0 Å². The molecule has 0 spiro atoms. The molecule has 2 aromatic rings. The molecule has 0 aliphatic heterocycles. The summed E-state index contributed by atoms with van der Waals surface area (Å²) in [5.74, 6) is 1.55. The van der Waals surface area contributed by atoms with Crippen molar-refractivity contribution >= 4 is 0 Å². The molecule has 0 aliphatic rings. The molecule has 2 rings (SSSR count). The lowest BCUT2D eigenvalue weighted by molar-refractivity contribution is 0.430. The van der Waals surface area contributed by atoms with Crippen LogP contribution >= 0.6 is 0 Å². The molecule has 1 heterocycles. The van der Waals surface area contributed by atoms with E-state index >= 15 is 0 Å². The molecule has 17 heavy (non-hydrogen) atoms. The molecule has 90 valence electrons. The van der Waals surface area contributed by atoms with Gasteiger partial charge in [0.1, 0.15) is 5.75 Å². The van der Waals surface area contributed by atoms with Crippen LogP contribution in [0.15, 0.2) is 24.3 Å². The average molecular weight is 231 g/mol. The Morgan fingerprint density at radius 1 is 1.29 bits per heavy atom. The number of hydrogen-bond donors (Lipinski definition) is 1. The molecule has 0 radical (unpaired) electrons. The third-order valence-electron chi connectivity index (χ3n) is 2.72. The first-order valence-electron chi connectivity index (χ1n) is 5.58. The Kier molecular flexibility index (Phi) is 3.15. The number of benzene rings is 1. The number of aromatic nitrogens is 2. The lowest BCUT2D eigenvalue weighted by Gasteiger charge is -2.08. The monoisotopic (exact) mass is 231 g/mol. The zero-order chi connectivity index (χ0) is 12.4. The first-order valence-corrected chi connectivity index (χ1v) is 5.58. The minimum Gasteiger partial charge on any atom is -0.439 e. The molecule has 0 saturated carbocycles. The van der Waals surface area contributed by atoms with Gasteiger partial charge in [-0.25, -0.2) is 4.68 Å². The number of ether oxygens (including phenoxy) is 1. The fourth-order valence-corrected chi connectivity index (χ4v) is 1.76. The van der Waals surface area contributed by atoms with E-state index in [0.29, 0.717) is 6.54 Å². The van der Waals surface area contributed by atoms with Crippen LogP contribution in [0.3, 0.4) is 0 Å². The highest BCUT2D eigenvalue weighted by Crippen LogP contribution is 2.23. The Morgan fingerprint density at radius 3 is 2.59 bits per heavy atom. The highest BCUT2D eigenvalue weighted by atomic mass is 16.5. The van der Waals surface area contributed by atoms with Crippen molar-refractivity contribution in [2.75, 3.05) is 0 Å². The molecule has 2 N–H and O–H groups in total. The second kappa shape index (κ2) is 4.59. The molecule has 0 bridgehead atoms. The normalized spacial score (nSPS) is 10.6. The van der Waals surface area contributed by atoms with Gasteiger partial charge in [-0.15, -0.1) is 0 Å². The van der Waals surface area contributed by atoms with E-state index in [1.54, 1.807) is 4.68 Å². The second-order valence-electron chi connectivity index (χ2n) is 4.14. The van der Waals surface area contributed by atoms with E-state index in [1.165, 1.54) is 0 Å². The van der Waals surface area contributed by atoms with E-state index in [0.717, 1.165) is 28.5 Å². The van der Waals surface area contributed by atoms with E-state index < -0.39 is 0 Å². The molecule has 0 amide bonds. The Morgan fingerprint density at radius 2 is 2.06 bits per heavy atom. The summed E-state index contributed by atoms with van der Waals surface area (Å²) in [5, 5.41) is 4.24. The Bertz CT molecular complexity index is 531. The van der Waals surface area contributed by atoms with Crippen LogP contribution in [0.2, 0.25) is 0 Å². The molecule has 1 aromatic carbocycles. The van der Waals surface area contributed by atoms with Crippen LogP contribution in [0.4, 0.5) is 0 Å². The topological polar surface area (TPSA) is 53.1 Å². The molecular weight excluding hydrogens is 214 g/mol. The fourth-order valence-electron chi connectivity index (χ4n) is 1.76. The number of hydrogen-bond acceptors (Lipinski definition) is 3. The number of aryl methyl sites for hydroxylation is 3. The van der Waals surface area contributed by atoms with E-state index in [-0.39, 0.29) is 0 Å². The molecule has 0 unspecified atom stereocenters. The SMILES string of the molecule is Cc1cc(Oc2ccc(CN)c(C)c2)n(C)n1. The van der Waals surface area contributed by atoms with Crippen LogP contribution in [0.25, 0.3) is 0 Å². The fraction of sp³-hybridized carbons (Fsp3) is 0.308. The van der Waals surface area contributed by atoms with E-state index in [1.807, 2.05) is 45.2 Å². The van der Waals surface area contributed by atoms with Crippen LogP contribution in [-0.4, -0.2) is 9.78 Å². The van der Waals surface area contributed by atoms with Crippen LogP contribution in [-0.2, 0) is 13.6 Å². The quantitative estimate of drug-likeness (QED) is 0.881. The maximum Gasteiger partial charge on any atom is 0.217 e. The van der Waals surface area contributed by atoms with Crippen molar-refractivity contribution in [3.63, 3.8) is 0 Å². The summed E-state index contributed by atoms with van der Waals surface area (Å²) in [6, 6.07) is 7.82. The maximum absolute atomic E-state index is 5.77. The predicted octanol–water partition coefficient (Wildman–Crippen LogP) is 2.29. The van der Waals surface area contributed by atoms with Gasteiger partial charge in [-0.3, -0.25) is 0 Å². The smallest absolute Gasteiger partial charge is 0.217 e. The van der Waals surface area contributed by atoms with Crippen LogP contribution in [0.5, 0.6) is 11.6 Å². The summed E-state index contributed by atoms with van der Waals surface area (Å²) < 4.78 is 7.49. The highest BCUT2D eigenvalue weighted by molar-refractivity contribution is 5.36. The third kappa shape index (κ3) is 2.47. The summed E-state index contributed by atoms with van der Waals surface area (Å²) in [5.41, 5.74) is 8.85. The average Bonchev–Trinajstić information content (AvgIpc) is 2.58. The van der Waals surface area contributed by atoms with Crippen molar-refractivity contribution in [1.82, 2.24) is 9.78 Å².